The summed E-state index contributed by atoms with van der Waals surface area (Å²) < 4.78 is 1.91. The molecule has 1 aromatic carbocycles. The third-order valence-electron chi connectivity index (χ3n) is 4.14. The standard InChI is InChI=1S/C21H18N3OS/c25-20(21-9-5-11-26-21)15-24-10-4-8-17(14-24)19-13-18(22-23-19)12-16-6-2-1-3-7-16/h1-11,13-14H,12,15H2,(H,22,23)/q+1. The highest BCUT2D eigenvalue weighted by molar-refractivity contribution is 7.12. The molecule has 4 nitrogen and oxygen atoms in total. The maximum absolute atomic E-state index is 12.3. The van der Waals surface area contributed by atoms with Crippen LogP contribution in [0, 0.1) is 0 Å². The van der Waals surface area contributed by atoms with Gasteiger partial charge >= 0.3 is 0 Å². The maximum atomic E-state index is 12.3. The number of pyridine rings is 1. The van der Waals surface area contributed by atoms with E-state index >= 15 is 0 Å². The Morgan fingerprint density at radius 3 is 2.77 bits per heavy atom. The van der Waals surface area contributed by atoms with Crippen molar-refractivity contribution >= 4 is 17.1 Å². The van der Waals surface area contributed by atoms with E-state index in [2.05, 4.69) is 28.4 Å². The molecule has 0 fully saturated rings. The molecule has 0 aliphatic carbocycles. The lowest BCUT2D eigenvalue weighted by molar-refractivity contribution is -0.682. The molecule has 0 aliphatic rings. The van der Waals surface area contributed by atoms with Gasteiger partial charge in [-0.25, -0.2) is 0 Å². The number of aromatic amines is 1. The van der Waals surface area contributed by atoms with Gasteiger partial charge in [-0.05, 0) is 29.1 Å². The summed E-state index contributed by atoms with van der Waals surface area (Å²) in [6.45, 7) is 0.329. The van der Waals surface area contributed by atoms with E-state index in [0.717, 1.165) is 28.2 Å². The Bertz CT molecular complexity index is 1010. The second kappa shape index (κ2) is 7.45. The first kappa shape index (κ1) is 16.4. The predicted octanol–water partition coefficient (Wildman–Crippen LogP) is 3.90. The summed E-state index contributed by atoms with van der Waals surface area (Å²) in [5.41, 5.74) is 4.18. The number of H-pyrrole nitrogens is 1. The zero-order valence-electron chi connectivity index (χ0n) is 14.1. The van der Waals surface area contributed by atoms with Crippen molar-refractivity contribution in [2.75, 3.05) is 0 Å². The van der Waals surface area contributed by atoms with Gasteiger partial charge in [-0.3, -0.25) is 9.89 Å². The molecule has 0 spiro atoms. The fourth-order valence-corrected chi connectivity index (χ4v) is 3.53. The van der Waals surface area contributed by atoms with Gasteiger partial charge in [0.25, 0.3) is 0 Å². The largest absolute Gasteiger partial charge is 0.286 e. The zero-order valence-corrected chi connectivity index (χ0v) is 14.9. The van der Waals surface area contributed by atoms with Crippen molar-refractivity contribution in [2.45, 2.75) is 13.0 Å². The molecule has 3 aromatic heterocycles. The molecule has 1 N–H and O–H groups in total. The van der Waals surface area contributed by atoms with Gasteiger partial charge in [-0.2, -0.15) is 9.67 Å². The third kappa shape index (κ3) is 3.78. The number of benzene rings is 1. The van der Waals surface area contributed by atoms with Crippen LogP contribution in [0.3, 0.4) is 0 Å². The van der Waals surface area contributed by atoms with Crippen LogP contribution in [-0.4, -0.2) is 16.0 Å². The maximum Gasteiger partial charge on any atom is 0.237 e. The van der Waals surface area contributed by atoms with Crippen molar-refractivity contribution < 1.29 is 9.36 Å². The van der Waals surface area contributed by atoms with Gasteiger partial charge in [0.05, 0.1) is 16.1 Å². The first-order valence-electron chi connectivity index (χ1n) is 8.42. The molecule has 4 aromatic rings. The van der Waals surface area contributed by atoms with Gasteiger partial charge < -0.3 is 0 Å². The smallest absolute Gasteiger partial charge is 0.237 e. The average molecular weight is 360 g/mol. The van der Waals surface area contributed by atoms with Crippen LogP contribution < -0.4 is 4.57 Å². The molecule has 0 saturated carbocycles. The molecule has 3 heterocycles. The van der Waals surface area contributed by atoms with Gasteiger partial charge in [0.2, 0.25) is 12.3 Å². The van der Waals surface area contributed by atoms with E-state index in [4.69, 9.17) is 0 Å². The van der Waals surface area contributed by atoms with Crippen molar-refractivity contribution in [1.82, 2.24) is 10.2 Å². The number of carbonyl (C=O) groups is 1. The molecular formula is C21H18N3OS+. The summed E-state index contributed by atoms with van der Waals surface area (Å²) in [4.78, 5) is 13.1. The van der Waals surface area contributed by atoms with Crippen molar-refractivity contribution in [3.8, 4) is 11.3 Å². The highest BCUT2D eigenvalue weighted by Crippen LogP contribution is 2.17. The number of hydrogen-bond donors (Lipinski definition) is 1. The quantitative estimate of drug-likeness (QED) is 0.419. The molecule has 128 valence electrons. The van der Waals surface area contributed by atoms with E-state index in [1.54, 1.807) is 0 Å². The number of nitrogens with zero attached hydrogens (tertiary/aromatic N) is 2. The number of Topliss-reactive ketones (excluding diaryl/α,β-unsaturated/α-hetero) is 1. The number of hydrogen-bond acceptors (Lipinski definition) is 3. The Morgan fingerprint density at radius 2 is 1.96 bits per heavy atom. The molecular weight excluding hydrogens is 342 g/mol. The number of nitrogens with one attached hydrogen (secondary N) is 1. The summed E-state index contributed by atoms with van der Waals surface area (Å²) >= 11 is 1.47. The highest BCUT2D eigenvalue weighted by atomic mass is 32.1. The second-order valence-electron chi connectivity index (χ2n) is 6.11. The first-order valence-corrected chi connectivity index (χ1v) is 9.30. The molecule has 26 heavy (non-hydrogen) atoms. The number of carbonyl (C=O) groups excluding carboxylic acids is 1. The fraction of sp³-hybridized carbons (Fsp3) is 0.0952. The minimum absolute atomic E-state index is 0.119. The second-order valence-corrected chi connectivity index (χ2v) is 7.05. The van der Waals surface area contributed by atoms with E-state index in [-0.39, 0.29) is 5.78 Å². The molecule has 0 unspecified atom stereocenters. The first-order chi connectivity index (χ1) is 12.8. The molecule has 0 amide bonds. The van der Waals surface area contributed by atoms with Crippen molar-refractivity contribution in [2.24, 2.45) is 0 Å². The SMILES string of the molecule is O=C(C[n+]1cccc(-c2cc(Cc3ccccc3)[nH]n2)c1)c1cccs1. The van der Waals surface area contributed by atoms with Crippen molar-refractivity contribution in [3.05, 3.63) is 94.6 Å². The minimum atomic E-state index is 0.119. The van der Waals surface area contributed by atoms with Crippen LogP contribution in [0.2, 0.25) is 0 Å². The molecule has 0 bridgehead atoms. The molecule has 5 heteroatoms. The van der Waals surface area contributed by atoms with Crippen LogP contribution in [0.5, 0.6) is 0 Å². The van der Waals surface area contributed by atoms with Gasteiger partial charge in [0, 0.05) is 18.2 Å². The normalized spacial score (nSPS) is 10.8. The molecule has 0 aliphatic heterocycles. The average Bonchev–Trinajstić information content (AvgIpc) is 3.35. The Kier molecular flexibility index (Phi) is 4.71. The fourth-order valence-electron chi connectivity index (χ4n) is 2.87. The van der Waals surface area contributed by atoms with Crippen LogP contribution in [0.1, 0.15) is 20.9 Å². The number of ketones is 1. The Balaban J connectivity index is 1.51. The van der Waals surface area contributed by atoms with E-state index in [9.17, 15) is 4.79 Å². The number of thiophene rings is 1. The van der Waals surface area contributed by atoms with E-state index in [1.807, 2.05) is 64.8 Å². The van der Waals surface area contributed by atoms with Gasteiger partial charge in [-0.1, -0.05) is 36.4 Å². The molecule has 0 atom stereocenters. The zero-order chi connectivity index (χ0) is 17.8. The van der Waals surface area contributed by atoms with Crippen LogP contribution in [-0.2, 0) is 13.0 Å². The van der Waals surface area contributed by atoms with Gasteiger partial charge in [0.1, 0.15) is 0 Å². The van der Waals surface area contributed by atoms with Crippen LogP contribution in [0.4, 0.5) is 0 Å². The summed E-state index contributed by atoms with van der Waals surface area (Å²) in [5, 5.41) is 9.47. The Hall–Kier alpha value is -3.05. The Labute approximate surface area is 155 Å². The Morgan fingerprint density at radius 1 is 1.08 bits per heavy atom. The van der Waals surface area contributed by atoms with Gasteiger partial charge in [-0.15, -0.1) is 11.3 Å². The lowest BCUT2D eigenvalue weighted by Crippen LogP contribution is -2.37. The van der Waals surface area contributed by atoms with Crippen LogP contribution >= 0.6 is 11.3 Å². The number of rotatable bonds is 6. The topological polar surface area (TPSA) is 49.6 Å². The molecule has 4 rings (SSSR count). The minimum Gasteiger partial charge on any atom is -0.286 e. The lowest BCUT2D eigenvalue weighted by atomic mass is 10.1. The highest BCUT2D eigenvalue weighted by Gasteiger charge is 2.15. The van der Waals surface area contributed by atoms with Crippen molar-refractivity contribution in [1.29, 1.82) is 0 Å². The van der Waals surface area contributed by atoms with Crippen LogP contribution in [0.25, 0.3) is 11.3 Å². The number of aromatic nitrogens is 3. The monoisotopic (exact) mass is 360 g/mol. The summed E-state index contributed by atoms with van der Waals surface area (Å²) in [6.07, 6.45) is 4.69. The molecule has 0 radical (unpaired) electrons. The lowest BCUT2D eigenvalue weighted by Gasteiger charge is -1.98. The van der Waals surface area contributed by atoms with E-state index in [1.165, 1.54) is 16.9 Å². The third-order valence-corrected chi connectivity index (χ3v) is 5.06. The van der Waals surface area contributed by atoms with E-state index in [0.29, 0.717) is 6.54 Å². The summed E-state index contributed by atoms with van der Waals surface area (Å²) in [6, 6.07) is 20.1. The van der Waals surface area contributed by atoms with Gasteiger partial charge in [0.15, 0.2) is 12.4 Å². The van der Waals surface area contributed by atoms with E-state index < -0.39 is 0 Å². The summed E-state index contributed by atoms with van der Waals surface area (Å²) in [5.74, 6) is 0.119. The molecule has 0 saturated heterocycles. The summed E-state index contributed by atoms with van der Waals surface area (Å²) in [7, 11) is 0. The van der Waals surface area contributed by atoms with Crippen molar-refractivity contribution in [3.63, 3.8) is 0 Å². The van der Waals surface area contributed by atoms with Crippen LogP contribution in [0.15, 0.2) is 78.4 Å². The predicted molar refractivity (Wildman–Crippen MR) is 102 cm³/mol.